The molecule has 1 saturated heterocycles. The van der Waals surface area contributed by atoms with Crippen LogP contribution in [0.5, 0.6) is 0 Å². The highest BCUT2D eigenvalue weighted by Gasteiger charge is 2.32. The zero-order chi connectivity index (χ0) is 22.6. The van der Waals surface area contributed by atoms with Gasteiger partial charge in [-0.3, -0.25) is 9.59 Å². The van der Waals surface area contributed by atoms with E-state index in [1.165, 1.54) is 25.1 Å². The number of hydrogen-bond acceptors (Lipinski definition) is 5. The maximum absolute atomic E-state index is 14.1. The summed E-state index contributed by atoms with van der Waals surface area (Å²) >= 11 is 0.892. The third-order valence-electron chi connectivity index (χ3n) is 4.65. The molecule has 1 fully saturated rings. The number of amides is 1. The van der Waals surface area contributed by atoms with E-state index in [0.717, 1.165) is 30.0 Å². The molecule has 0 atom stereocenters. The van der Waals surface area contributed by atoms with Crippen LogP contribution in [-0.2, 0) is 15.7 Å². The molecule has 1 aliphatic rings. The van der Waals surface area contributed by atoms with Crippen LogP contribution in [-0.4, -0.2) is 43.7 Å². The van der Waals surface area contributed by atoms with Gasteiger partial charge in [-0.1, -0.05) is 6.07 Å². The van der Waals surface area contributed by atoms with Crippen molar-refractivity contribution in [2.24, 2.45) is 0 Å². The van der Waals surface area contributed by atoms with Crippen molar-refractivity contribution in [2.45, 2.75) is 18.0 Å². The van der Waals surface area contributed by atoms with Gasteiger partial charge in [0.2, 0.25) is 5.91 Å². The van der Waals surface area contributed by atoms with E-state index in [9.17, 15) is 27.2 Å². The van der Waals surface area contributed by atoms with Crippen LogP contribution in [0.3, 0.4) is 0 Å². The van der Waals surface area contributed by atoms with Crippen molar-refractivity contribution < 1.29 is 31.9 Å². The van der Waals surface area contributed by atoms with Gasteiger partial charge in [-0.05, 0) is 37.3 Å². The standard InChI is InChI=1S/C21H20F4N2O3S/c1-13(28)14-2-5-19(16(22)10-14)31-12-20(29)26-17-11-15(21(23,24)25)3-4-18(17)27-6-8-30-9-7-27/h2-5,10-11H,6-9,12H2,1H3,(H,26,29). The van der Waals surface area contributed by atoms with Crippen molar-refractivity contribution in [1.29, 1.82) is 0 Å². The maximum atomic E-state index is 14.1. The Balaban J connectivity index is 1.75. The number of halogens is 4. The fourth-order valence-electron chi connectivity index (χ4n) is 3.06. The molecule has 10 heteroatoms. The van der Waals surface area contributed by atoms with Gasteiger partial charge in [0.15, 0.2) is 5.78 Å². The number of benzene rings is 2. The van der Waals surface area contributed by atoms with E-state index in [4.69, 9.17) is 4.74 Å². The van der Waals surface area contributed by atoms with Gasteiger partial charge < -0.3 is 15.0 Å². The number of ether oxygens (including phenoxy) is 1. The Morgan fingerprint density at radius 1 is 1.13 bits per heavy atom. The number of nitrogens with zero attached hydrogens (tertiary/aromatic N) is 1. The van der Waals surface area contributed by atoms with Crippen molar-refractivity contribution in [3.05, 3.63) is 53.3 Å². The molecule has 2 aromatic rings. The van der Waals surface area contributed by atoms with Crippen molar-refractivity contribution in [2.75, 3.05) is 42.3 Å². The van der Waals surface area contributed by atoms with E-state index in [1.807, 2.05) is 4.90 Å². The molecule has 1 amide bonds. The lowest BCUT2D eigenvalue weighted by molar-refractivity contribution is -0.137. The lowest BCUT2D eigenvalue weighted by Gasteiger charge is -2.31. The molecule has 2 aromatic carbocycles. The summed E-state index contributed by atoms with van der Waals surface area (Å²) in [5.41, 5.74) is -0.162. The Bertz CT molecular complexity index is 976. The van der Waals surface area contributed by atoms with Gasteiger partial charge in [-0.2, -0.15) is 13.2 Å². The predicted octanol–water partition coefficient (Wildman–Crippen LogP) is 4.61. The third-order valence-corrected chi connectivity index (χ3v) is 5.70. The summed E-state index contributed by atoms with van der Waals surface area (Å²) in [4.78, 5) is 25.7. The number of rotatable bonds is 6. The number of Topliss-reactive ketones (excluding diaryl/α,β-unsaturated/α-hetero) is 1. The molecule has 1 heterocycles. The second-order valence-corrected chi connectivity index (χ2v) is 7.88. The first-order valence-electron chi connectivity index (χ1n) is 9.42. The summed E-state index contributed by atoms with van der Waals surface area (Å²) in [5, 5.41) is 2.52. The molecule has 0 spiro atoms. The molecule has 0 aromatic heterocycles. The second kappa shape index (κ2) is 9.69. The van der Waals surface area contributed by atoms with Gasteiger partial charge in [0.25, 0.3) is 0 Å². The number of alkyl halides is 3. The molecule has 1 aliphatic heterocycles. The quantitative estimate of drug-likeness (QED) is 0.391. The summed E-state index contributed by atoms with van der Waals surface area (Å²) in [6, 6.07) is 7.14. The maximum Gasteiger partial charge on any atom is 0.416 e. The molecule has 0 unspecified atom stereocenters. The molecule has 5 nitrogen and oxygen atoms in total. The highest BCUT2D eigenvalue weighted by molar-refractivity contribution is 8.00. The van der Waals surface area contributed by atoms with E-state index in [-0.39, 0.29) is 27.7 Å². The van der Waals surface area contributed by atoms with Crippen LogP contribution in [0.15, 0.2) is 41.3 Å². The number of carbonyl (C=O) groups is 2. The second-order valence-electron chi connectivity index (χ2n) is 6.87. The molecule has 1 N–H and O–H groups in total. The summed E-state index contributed by atoms with van der Waals surface area (Å²) in [6.07, 6.45) is -4.56. The number of hydrogen-bond donors (Lipinski definition) is 1. The molecule has 3 rings (SSSR count). The average molecular weight is 456 g/mol. The van der Waals surface area contributed by atoms with Crippen molar-refractivity contribution >= 4 is 34.8 Å². The minimum absolute atomic E-state index is 0.0368. The van der Waals surface area contributed by atoms with Gasteiger partial charge >= 0.3 is 6.18 Å². The zero-order valence-corrected chi connectivity index (χ0v) is 17.4. The molecule has 166 valence electrons. The highest BCUT2D eigenvalue weighted by atomic mass is 32.2. The fourth-order valence-corrected chi connectivity index (χ4v) is 3.78. The minimum atomic E-state index is -4.56. The molecule has 0 saturated carbocycles. The largest absolute Gasteiger partial charge is 0.416 e. The Morgan fingerprint density at radius 3 is 2.45 bits per heavy atom. The average Bonchev–Trinajstić information content (AvgIpc) is 2.72. The lowest BCUT2D eigenvalue weighted by atomic mass is 10.1. The first kappa shape index (κ1) is 23.1. The van der Waals surface area contributed by atoms with Gasteiger partial charge in [0, 0.05) is 23.5 Å². The molecule has 31 heavy (non-hydrogen) atoms. The zero-order valence-electron chi connectivity index (χ0n) is 16.6. The lowest BCUT2D eigenvalue weighted by Crippen LogP contribution is -2.37. The van der Waals surface area contributed by atoms with E-state index in [2.05, 4.69) is 5.32 Å². The topological polar surface area (TPSA) is 58.6 Å². The smallest absolute Gasteiger partial charge is 0.378 e. The van der Waals surface area contributed by atoms with Gasteiger partial charge in [-0.15, -0.1) is 11.8 Å². The van der Waals surface area contributed by atoms with Crippen LogP contribution in [0, 0.1) is 5.82 Å². The van der Waals surface area contributed by atoms with E-state index in [1.54, 1.807) is 0 Å². The summed E-state index contributed by atoms with van der Waals surface area (Å²) in [6.45, 7) is 3.14. The van der Waals surface area contributed by atoms with Crippen LogP contribution >= 0.6 is 11.8 Å². The van der Waals surface area contributed by atoms with Crippen molar-refractivity contribution in [3.8, 4) is 0 Å². The van der Waals surface area contributed by atoms with Gasteiger partial charge in [0.1, 0.15) is 5.82 Å². The fraction of sp³-hybridized carbons (Fsp3) is 0.333. The Labute approximate surface area is 180 Å². The monoisotopic (exact) mass is 456 g/mol. The number of ketones is 1. The van der Waals surface area contributed by atoms with Crippen molar-refractivity contribution in [1.82, 2.24) is 0 Å². The highest BCUT2D eigenvalue weighted by Crippen LogP contribution is 2.36. The van der Waals surface area contributed by atoms with Crippen LogP contribution in [0.4, 0.5) is 28.9 Å². The molecular weight excluding hydrogens is 436 g/mol. The van der Waals surface area contributed by atoms with E-state index < -0.39 is 23.5 Å². The van der Waals surface area contributed by atoms with Crippen LogP contribution in [0.2, 0.25) is 0 Å². The summed E-state index contributed by atoms with van der Waals surface area (Å²) < 4.78 is 58.9. The first-order valence-corrected chi connectivity index (χ1v) is 10.4. The molecule has 0 bridgehead atoms. The molecular formula is C21H20F4N2O3S. The Morgan fingerprint density at radius 2 is 1.84 bits per heavy atom. The van der Waals surface area contributed by atoms with Crippen LogP contribution in [0.1, 0.15) is 22.8 Å². The Kier molecular flexibility index (Phi) is 7.22. The first-order chi connectivity index (χ1) is 14.6. The minimum Gasteiger partial charge on any atom is -0.378 e. The van der Waals surface area contributed by atoms with Crippen LogP contribution in [0.25, 0.3) is 0 Å². The number of carbonyl (C=O) groups excluding carboxylic acids is 2. The van der Waals surface area contributed by atoms with E-state index in [0.29, 0.717) is 32.0 Å². The number of morpholine rings is 1. The number of nitrogens with one attached hydrogen (secondary N) is 1. The summed E-state index contributed by atoms with van der Waals surface area (Å²) in [7, 11) is 0. The third kappa shape index (κ3) is 5.98. The molecule has 0 radical (unpaired) electrons. The van der Waals surface area contributed by atoms with Crippen LogP contribution < -0.4 is 10.2 Å². The van der Waals surface area contributed by atoms with E-state index >= 15 is 0 Å². The summed E-state index contributed by atoms with van der Waals surface area (Å²) in [5.74, 6) is -1.71. The number of anilines is 2. The molecule has 0 aliphatic carbocycles. The predicted molar refractivity (Wildman–Crippen MR) is 110 cm³/mol. The van der Waals surface area contributed by atoms with Crippen molar-refractivity contribution in [3.63, 3.8) is 0 Å². The van der Waals surface area contributed by atoms with Gasteiger partial charge in [-0.25, -0.2) is 4.39 Å². The SMILES string of the molecule is CC(=O)c1ccc(SCC(=O)Nc2cc(C(F)(F)F)ccc2N2CCOCC2)c(F)c1. The normalized spacial score (nSPS) is 14.4. The van der Waals surface area contributed by atoms with Gasteiger partial charge in [0.05, 0.1) is 35.9 Å². The number of thioether (sulfide) groups is 1. The Hall–Kier alpha value is -2.59.